The summed E-state index contributed by atoms with van der Waals surface area (Å²) in [5, 5.41) is 12.6. The first kappa shape index (κ1) is 21.0. The van der Waals surface area contributed by atoms with E-state index in [1.165, 1.54) is 0 Å². The molecular weight excluding hydrogens is 340 g/mol. The van der Waals surface area contributed by atoms with Crippen molar-refractivity contribution in [1.29, 1.82) is 0 Å². The maximum Gasteiger partial charge on any atom is 0.237 e. The summed E-state index contributed by atoms with van der Waals surface area (Å²) in [6.45, 7) is 2.18. The van der Waals surface area contributed by atoms with Crippen molar-refractivity contribution in [3.05, 3.63) is 65.7 Å². The average molecular weight is 365 g/mol. The predicted molar refractivity (Wildman–Crippen MR) is 101 cm³/mol. The summed E-state index contributed by atoms with van der Waals surface area (Å²) in [5.74, 6) is 0.412. The molecule has 0 bridgehead atoms. The molecule has 5 nitrogen and oxygen atoms in total. The minimum atomic E-state index is -0.793. The predicted octanol–water partition coefficient (Wildman–Crippen LogP) is 1.84. The molecular formula is C19H25ClN2O3. The Morgan fingerprint density at radius 3 is 2.60 bits per heavy atom. The van der Waals surface area contributed by atoms with Gasteiger partial charge in [0.05, 0.1) is 6.04 Å². The number of benzene rings is 2. The lowest BCUT2D eigenvalue weighted by Gasteiger charge is -2.16. The Hall–Kier alpha value is -2.08. The fourth-order valence-electron chi connectivity index (χ4n) is 2.27. The molecule has 0 fully saturated rings. The molecule has 0 radical (unpaired) electrons. The first-order valence-corrected chi connectivity index (χ1v) is 7.99. The number of rotatable bonds is 8. The van der Waals surface area contributed by atoms with Gasteiger partial charge in [0.15, 0.2) is 0 Å². The SMILES string of the molecule is Cc1cccc(OCC(O)CNC(=O)[C@@H](N)Cc2ccccc2)c1.Cl. The highest BCUT2D eigenvalue weighted by molar-refractivity contribution is 5.85. The van der Waals surface area contributed by atoms with Gasteiger partial charge in [0, 0.05) is 6.54 Å². The van der Waals surface area contributed by atoms with E-state index in [2.05, 4.69) is 5.32 Å². The minimum absolute atomic E-state index is 0. The van der Waals surface area contributed by atoms with E-state index in [9.17, 15) is 9.90 Å². The fraction of sp³-hybridized carbons (Fsp3) is 0.316. The molecule has 0 aliphatic heterocycles. The fourth-order valence-corrected chi connectivity index (χ4v) is 2.27. The summed E-state index contributed by atoms with van der Waals surface area (Å²) in [6, 6.07) is 16.5. The third kappa shape index (κ3) is 7.56. The number of aryl methyl sites for hydroxylation is 1. The lowest BCUT2D eigenvalue weighted by Crippen LogP contribution is -2.45. The van der Waals surface area contributed by atoms with Crippen molar-refractivity contribution < 1.29 is 14.6 Å². The van der Waals surface area contributed by atoms with Crippen LogP contribution in [0.1, 0.15) is 11.1 Å². The molecule has 25 heavy (non-hydrogen) atoms. The summed E-state index contributed by atoms with van der Waals surface area (Å²) in [4.78, 5) is 12.0. The number of carbonyl (C=O) groups excluding carboxylic acids is 1. The Morgan fingerprint density at radius 1 is 1.20 bits per heavy atom. The molecule has 2 rings (SSSR count). The largest absolute Gasteiger partial charge is 0.491 e. The molecule has 136 valence electrons. The number of hydrogen-bond donors (Lipinski definition) is 3. The van der Waals surface area contributed by atoms with Crippen LogP contribution in [0, 0.1) is 6.92 Å². The topological polar surface area (TPSA) is 84.6 Å². The van der Waals surface area contributed by atoms with Crippen LogP contribution in [0.15, 0.2) is 54.6 Å². The van der Waals surface area contributed by atoms with Crippen molar-refractivity contribution in [2.45, 2.75) is 25.5 Å². The molecule has 1 unspecified atom stereocenters. The van der Waals surface area contributed by atoms with Crippen molar-refractivity contribution in [3.63, 3.8) is 0 Å². The van der Waals surface area contributed by atoms with Gasteiger partial charge in [-0.2, -0.15) is 0 Å². The second-order valence-electron chi connectivity index (χ2n) is 5.82. The van der Waals surface area contributed by atoms with Crippen molar-refractivity contribution in [2.24, 2.45) is 5.73 Å². The van der Waals surface area contributed by atoms with Gasteiger partial charge >= 0.3 is 0 Å². The number of halogens is 1. The van der Waals surface area contributed by atoms with Crippen molar-refractivity contribution in [1.82, 2.24) is 5.32 Å². The number of amides is 1. The molecule has 6 heteroatoms. The van der Waals surface area contributed by atoms with Gasteiger partial charge in [-0.15, -0.1) is 12.4 Å². The molecule has 0 aromatic heterocycles. The second kappa shape index (κ2) is 10.7. The maximum atomic E-state index is 12.0. The molecule has 2 aromatic rings. The molecule has 0 saturated heterocycles. The van der Waals surface area contributed by atoms with Crippen LogP contribution in [0.3, 0.4) is 0 Å². The number of ether oxygens (including phenoxy) is 1. The van der Waals surface area contributed by atoms with Crippen LogP contribution in [0.4, 0.5) is 0 Å². The molecule has 0 aliphatic rings. The van der Waals surface area contributed by atoms with Gasteiger partial charge < -0.3 is 20.9 Å². The van der Waals surface area contributed by atoms with E-state index < -0.39 is 12.1 Å². The Bertz CT molecular complexity index is 652. The molecule has 0 spiro atoms. The molecule has 0 aliphatic carbocycles. The van der Waals surface area contributed by atoms with Crippen molar-refractivity contribution in [3.8, 4) is 5.75 Å². The van der Waals surface area contributed by atoms with E-state index in [4.69, 9.17) is 10.5 Å². The van der Waals surface area contributed by atoms with E-state index >= 15 is 0 Å². The Balaban J connectivity index is 0.00000312. The average Bonchev–Trinajstić information content (AvgIpc) is 2.58. The smallest absolute Gasteiger partial charge is 0.237 e. The van der Waals surface area contributed by atoms with Crippen molar-refractivity contribution >= 4 is 18.3 Å². The zero-order chi connectivity index (χ0) is 17.4. The van der Waals surface area contributed by atoms with Crippen molar-refractivity contribution in [2.75, 3.05) is 13.2 Å². The highest BCUT2D eigenvalue weighted by Crippen LogP contribution is 2.12. The van der Waals surface area contributed by atoms with Gasteiger partial charge in [-0.1, -0.05) is 42.5 Å². The van der Waals surface area contributed by atoms with Crippen LogP contribution < -0.4 is 15.8 Å². The Morgan fingerprint density at radius 2 is 1.92 bits per heavy atom. The minimum Gasteiger partial charge on any atom is -0.491 e. The lowest BCUT2D eigenvalue weighted by atomic mass is 10.1. The van der Waals surface area contributed by atoms with E-state index in [0.29, 0.717) is 12.2 Å². The molecule has 1 amide bonds. The maximum absolute atomic E-state index is 12.0. The van der Waals surface area contributed by atoms with Gasteiger partial charge in [0.2, 0.25) is 5.91 Å². The molecule has 2 atom stereocenters. The van der Waals surface area contributed by atoms with E-state index in [1.807, 2.05) is 61.5 Å². The van der Waals surface area contributed by atoms with Crippen LogP contribution in [-0.2, 0) is 11.2 Å². The Kier molecular flexibility index (Phi) is 8.99. The summed E-state index contributed by atoms with van der Waals surface area (Å²) in [7, 11) is 0. The highest BCUT2D eigenvalue weighted by Gasteiger charge is 2.15. The number of nitrogens with one attached hydrogen (secondary N) is 1. The van der Waals surface area contributed by atoms with Gasteiger partial charge in [0.25, 0.3) is 0 Å². The van der Waals surface area contributed by atoms with Gasteiger partial charge in [-0.05, 0) is 36.6 Å². The number of hydrogen-bond acceptors (Lipinski definition) is 4. The monoisotopic (exact) mass is 364 g/mol. The zero-order valence-electron chi connectivity index (χ0n) is 14.2. The molecule has 0 heterocycles. The highest BCUT2D eigenvalue weighted by atomic mass is 35.5. The number of aliphatic hydroxyl groups excluding tert-OH is 1. The van der Waals surface area contributed by atoms with Crippen LogP contribution in [0.2, 0.25) is 0 Å². The third-order valence-electron chi connectivity index (χ3n) is 3.58. The summed E-state index contributed by atoms with van der Waals surface area (Å²) >= 11 is 0. The van der Waals surface area contributed by atoms with Gasteiger partial charge in [-0.3, -0.25) is 4.79 Å². The van der Waals surface area contributed by atoms with E-state index in [0.717, 1.165) is 11.1 Å². The van der Waals surface area contributed by atoms with Gasteiger partial charge in [-0.25, -0.2) is 0 Å². The van der Waals surface area contributed by atoms with E-state index in [1.54, 1.807) is 0 Å². The third-order valence-corrected chi connectivity index (χ3v) is 3.58. The Labute approximate surface area is 154 Å². The van der Waals surface area contributed by atoms with Crippen LogP contribution in [-0.4, -0.2) is 36.3 Å². The van der Waals surface area contributed by atoms with Crippen LogP contribution in [0.5, 0.6) is 5.75 Å². The first-order chi connectivity index (χ1) is 11.5. The normalized spacial score (nSPS) is 12.6. The molecule has 0 saturated carbocycles. The van der Waals surface area contributed by atoms with Gasteiger partial charge in [0.1, 0.15) is 18.5 Å². The number of carbonyl (C=O) groups is 1. The second-order valence-corrected chi connectivity index (χ2v) is 5.82. The standard InChI is InChI=1S/C19H24N2O3.ClH/c1-14-6-5-9-17(10-14)24-13-16(22)12-21-19(23)18(20)11-15-7-3-2-4-8-15;/h2-10,16,18,22H,11-13,20H2,1H3,(H,21,23);1H/t16?,18-;/m0./s1. The van der Waals surface area contributed by atoms with Crippen LogP contribution >= 0.6 is 12.4 Å². The number of nitrogens with two attached hydrogens (primary N) is 1. The quantitative estimate of drug-likeness (QED) is 0.667. The molecule has 4 N–H and O–H groups in total. The van der Waals surface area contributed by atoms with Crippen LogP contribution in [0.25, 0.3) is 0 Å². The lowest BCUT2D eigenvalue weighted by molar-refractivity contribution is -0.122. The number of aliphatic hydroxyl groups is 1. The summed E-state index contributed by atoms with van der Waals surface area (Å²) in [6.07, 6.45) is -0.332. The van der Waals surface area contributed by atoms with E-state index in [-0.39, 0.29) is 31.5 Å². The zero-order valence-corrected chi connectivity index (χ0v) is 15.0. The summed E-state index contributed by atoms with van der Waals surface area (Å²) in [5.41, 5.74) is 7.98. The molecule has 2 aromatic carbocycles. The summed E-state index contributed by atoms with van der Waals surface area (Å²) < 4.78 is 5.50. The first-order valence-electron chi connectivity index (χ1n) is 7.99.